The van der Waals surface area contributed by atoms with Crippen molar-refractivity contribution < 1.29 is 104 Å². The van der Waals surface area contributed by atoms with Gasteiger partial charge in [-0.05, 0) is 12.8 Å². The molecule has 4 saturated heterocycles. The first kappa shape index (κ1) is 51.1. The summed E-state index contributed by atoms with van der Waals surface area (Å²) in [6.07, 6.45) is -15.5. The minimum Gasteiger partial charge on any atom is -0.394 e. The molecule has 61 heavy (non-hydrogen) atoms. The molecule has 23 heteroatoms. The maximum atomic E-state index is 12.5. The molecule has 0 radical (unpaired) electrons. The fraction of sp³-hybridized carbons (Fsp3) is 0.895. The summed E-state index contributed by atoms with van der Waals surface area (Å²) in [5.74, 6) is -1.81. The molecule has 0 spiro atoms. The second-order valence-corrected chi connectivity index (χ2v) is 15.7. The molecule has 4 rings (SSSR count). The number of hydroxylamine groups is 2. The average Bonchev–Trinajstić information content (AvgIpc) is 3.56. The SMILES string of the molecule is O=C(CCCCCCCCCCCCC(=O)ON1C(=O)CCC1=O)NCCO[C@H]1OC(CO[C@H]2OC(CO)[C@@H](O)C(O)C2O)[C@@H](O)C(O[C@H]2OC(CO)[C@@H](O)C(O)C2O)C1O. The van der Waals surface area contributed by atoms with E-state index in [4.69, 9.17) is 33.3 Å². The number of ether oxygens (including phenoxy) is 6. The van der Waals surface area contributed by atoms with Gasteiger partial charge in [-0.15, -0.1) is 5.06 Å². The zero-order valence-corrected chi connectivity index (χ0v) is 34.0. The number of rotatable bonds is 25. The molecule has 15 atom stereocenters. The number of unbranched alkanes of at least 4 members (excludes halogenated alkanes) is 9. The van der Waals surface area contributed by atoms with Crippen molar-refractivity contribution in [1.29, 1.82) is 0 Å². The minimum atomic E-state index is -1.89. The lowest BCUT2D eigenvalue weighted by Crippen LogP contribution is -2.65. The summed E-state index contributed by atoms with van der Waals surface area (Å²) in [6, 6.07) is 0. The maximum Gasteiger partial charge on any atom is 0.333 e. The minimum absolute atomic E-state index is 0.00276. The molecule has 4 aliphatic rings. The Bertz CT molecular complexity index is 1340. The van der Waals surface area contributed by atoms with E-state index in [1.165, 1.54) is 0 Å². The zero-order valence-electron chi connectivity index (χ0n) is 34.0. The van der Waals surface area contributed by atoms with Crippen LogP contribution in [0.2, 0.25) is 0 Å². The predicted octanol–water partition coefficient (Wildman–Crippen LogP) is -4.14. The van der Waals surface area contributed by atoms with Gasteiger partial charge in [0.15, 0.2) is 18.9 Å². The number of hydrogen-bond donors (Lipinski definition) is 11. The first-order valence-electron chi connectivity index (χ1n) is 21.0. The molecule has 3 amide bonds. The molecule has 9 unspecified atom stereocenters. The van der Waals surface area contributed by atoms with Gasteiger partial charge in [0, 0.05) is 32.2 Å². The molecule has 4 fully saturated rings. The van der Waals surface area contributed by atoms with Crippen LogP contribution < -0.4 is 5.32 Å². The van der Waals surface area contributed by atoms with Gasteiger partial charge < -0.3 is 89.6 Å². The molecule has 0 aromatic heterocycles. The van der Waals surface area contributed by atoms with E-state index in [2.05, 4.69) is 5.32 Å². The Balaban J connectivity index is 1.14. The van der Waals surface area contributed by atoms with E-state index in [1.807, 2.05) is 0 Å². The lowest BCUT2D eigenvalue weighted by molar-refractivity contribution is -0.366. The van der Waals surface area contributed by atoms with Crippen molar-refractivity contribution in [2.75, 3.05) is 33.0 Å². The van der Waals surface area contributed by atoms with Crippen LogP contribution in [0, 0.1) is 0 Å². The molecule has 0 aromatic rings. The third-order valence-corrected chi connectivity index (χ3v) is 11.0. The monoisotopic (exact) mass is 884 g/mol. The highest BCUT2D eigenvalue weighted by Crippen LogP contribution is 2.31. The number of carbonyl (C=O) groups excluding carboxylic acids is 4. The Morgan fingerprint density at radius 3 is 1.61 bits per heavy atom. The van der Waals surface area contributed by atoms with Crippen LogP contribution in [-0.4, -0.2) is 205 Å². The highest BCUT2D eigenvalue weighted by atomic mass is 16.8. The Morgan fingerprint density at radius 2 is 1.05 bits per heavy atom. The molecule has 11 N–H and O–H groups in total. The summed E-state index contributed by atoms with van der Waals surface area (Å²) in [6.45, 7) is -2.32. The Labute approximate surface area is 352 Å². The number of imide groups is 1. The fourth-order valence-corrected chi connectivity index (χ4v) is 7.30. The van der Waals surface area contributed by atoms with Crippen LogP contribution in [0.5, 0.6) is 0 Å². The summed E-state index contributed by atoms with van der Waals surface area (Å²) < 4.78 is 33.4. The standard InChI is InChI=1S/C38H64N2O21/c41-17-20-27(47)30(50)32(52)36(57-20)56-19-22-29(49)35(60-38-33(53)31(51)28(48)21(18-42)58-38)34(54)37(59-22)55-16-15-39-23(43)11-9-7-5-3-1-2-4-6-8-10-12-26(46)61-40-24(44)13-14-25(40)45/h20-22,27-38,41-42,47-54H,1-19H2,(H,39,43)/t20?,21?,22?,27-,28-,29-,30?,31?,32?,33?,34?,35?,36+,37+,38-/m1/s1. The summed E-state index contributed by atoms with van der Waals surface area (Å²) in [4.78, 5) is 52.2. The number of nitrogens with one attached hydrogen (secondary N) is 1. The van der Waals surface area contributed by atoms with Crippen LogP contribution in [0.25, 0.3) is 0 Å². The smallest absolute Gasteiger partial charge is 0.333 e. The quantitative estimate of drug-likeness (QED) is 0.0306. The second-order valence-electron chi connectivity index (χ2n) is 15.7. The van der Waals surface area contributed by atoms with Gasteiger partial charge in [0.05, 0.1) is 26.4 Å². The zero-order chi connectivity index (χ0) is 44.6. The summed E-state index contributed by atoms with van der Waals surface area (Å²) in [7, 11) is 0. The Morgan fingerprint density at radius 1 is 0.574 bits per heavy atom. The number of nitrogens with zero attached hydrogens (tertiary/aromatic N) is 1. The van der Waals surface area contributed by atoms with Crippen molar-refractivity contribution in [2.45, 2.75) is 182 Å². The van der Waals surface area contributed by atoms with Crippen molar-refractivity contribution in [2.24, 2.45) is 0 Å². The van der Waals surface area contributed by atoms with E-state index < -0.39 is 130 Å². The highest BCUT2D eigenvalue weighted by Gasteiger charge is 2.52. The van der Waals surface area contributed by atoms with E-state index >= 15 is 0 Å². The molecule has 0 bridgehead atoms. The predicted molar refractivity (Wildman–Crippen MR) is 201 cm³/mol. The van der Waals surface area contributed by atoms with Gasteiger partial charge in [-0.2, -0.15) is 0 Å². The van der Waals surface area contributed by atoms with Crippen molar-refractivity contribution in [1.82, 2.24) is 10.4 Å². The molecule has 4 aliphatic heterocycles. The lowest BCUT2D eigenvalue weighted by Gasteiger charge is -2.46. The van der Waals surface area contributed by atoms with Crippen molar-refractivity contribution in [3.63, 3.8) is 0 Å². The summed E-state index contributed by atoms with van der Waals surface area (Å²) >= 11 is 0. The lowest BCUT2D eigenvalue weighted by atomic mass is 9.96. The first-order chi connectivity index (χ1) is 29.2. The fourth-order valence-electron chi connectivity index (χ4n) is 7.30. The van der Waals surface area contributed by atoms with Crippen LogP contribution in [0.4, 0.5) is 0 Å². The van der Waals surface area contributed by atoms with Gasteiger partial charge in [-0.1, -0.05) is 51.4 Å². The molecular formula is C38H64N2O21. The third-order valence-electron chi connectivity index (χ3n) is 11.0. The average molecular weight is 885 g/mol. The summed E-state index contributed by atoms with van der Waals surface area (Å²) in [5.41, 5.74) is 0. The molecule has 23 nitrogen and oxygen atoms in total. The molecule has 0 saturated carbocycles. The normalized spacial score (nSPS) is 35.7. The molecule has 0 aromatic carbocycles. The van der Waals surface area contributed by atoms with Gasteiger partial charge >= 0.3 is 5.97 Å². The Hall–Kier alpha value is -2.56. The van der Waals surface area contributed by atoms with Gasteiger partial charge in [-0.25, -0.2) is 4.79 Å². The summed E-state index contributed by atoms with van der Waals surface area (Å²) in [5, 5.41) is 106. The Kier molecular flexibility index (Phi) is 21.5. The van der Waals surface area contributed by atoms with Gasteiger partial charge in [0.1, 0.15) is 73.2 Å². The first-order valence-corrected chi connectivity index (χ1v) is 21.0. The van der Waals surface area contributed by atoms with E-state index in [-0.39, 0.29) is 44.7 Å². The van der Waals surface area contributed by atoms with Crippen LogP contribution in [0.3, 0.4) is 0 Å². The highest BCUT2D eigenvalue weighted by molar-refractivity contribution is 6.01. The molecule has 352 valence electrons. The van der Waals surface area contributed by atoms with Crippen LogP contribution >= 0.6 is 0 Å². The van der Waals surface area contributed by atoms with Crippen LogP contribution in [-0.2, 0) is 52.4 Å². The molecule has 0 aliphatic carbocycles. The van der Waals surface area contributed by atoms with Crippen molar-refractivity contribution in [3.8, 4) is 0 Å². The van der Waals surface area contributed by atoms with Crippen LogP contribution in [0.1, 0.15) is 89.9 Å². The number of hydrogen-bond acceptors (Lipinski definition) is 21. The van der Waals surface area contributed by atoms with E-state index in [0.717, 1.165) is 51.4 Å². The van der Waals surface area contributed by atoms with Crippen molar-refractivity contribution in [3.05, 3.63) is 0 Å². The number of aliphatic hydroxyl groups is 10. The number of carbonyl (C=O) groups is 4. The number of aliphatic hydroxyl groups excluding tert-OH is 10. The van der Waals surface area contributed by atoms with Crippen LogP contribution in [0.15, 0.2) is 0 Å². The second kappa shape index (κ2) is 25.7. The van der Waals surface area contributed by atoms with E-state index in [9.17, 15) is 70.2 Å². The molecule has 4 heterocycles. The van der Waals surface area contributed by atoms with Gasteiger partial charge in [0.25, 0.3) is 11.8 Å². The molecular weight excluding hydrogens is 820 g/mol. The number of amides is 3. The van der Waals surface area contributed by atoms with Gasteiger partial charge in [-0.3, -0.25) is 14.4 Å². The largest absolute Gasteiger partial charge is 0.394 e. The topological polar surface area (TPSA) is 350 Å². The van der Waals surface area contributed by atoms with E-state index in [0.29, 0.717) is 17.9 Å². The maximum absolute atomic E-state index is 12.5. The van der Waals surface area contributed by atoms with Gasteiger partial charge in [0.2, 0.25) is 5.91 Å². The van der Waals surface area contributed by atoms with E-state index in [1.54, 1.807) is 0 Å². The van der Waals surface area contributed by atoms with Crippen molar-refractivity contribution >= 4 is 23.7 Å². The third kappa shape index (κ3) is 14.7.